The summed E-state index contributed by atoms with van der Waals surface area (Å²) in [4.78, 5) is 3.64. The molecule has 0 spiro atoms. The third kappa shape index (κ3) is 16.2. The molecule has 0 atom stereocenters. The number of hydrogen-bond donors (Lipinski definition) is 0. The smallest absolute Gasteiger partial charge is 0.303 e. The molecule has 54 heavy (non-hydrogen) atoms. The molecule has 0 aliphatic carbocycles. The van der Waals surface area contributed by atoms with Crippen molar-refractivity contribution in [3.8, 4) is 0 Å². The standard InChI is InChI=1S/C52H84N2/c1-9-17-25-32-44-39-48(40-45(33-26-18-10-2)50(44)35-27-19-11-3)52(51(36-28-20-12-4)46(41-54-53)31-23-15-7)47-37-42(29-21-13-5)49(34-24-16-8)43(38-47)30-22-14-6/h37-40H,9-36H2,1-8H3. The Morgan fingerprint density at radius 3 is 1.19 bits per heavy atom. The molecule has 2 aromatic carbocycles. The van der Waals surface area contributed by atoms with Crippen molar-refractivity contribution in [3.63, 3.8) is 0 Å². The maximum Gasteiger partial charge on any atom is 0.303 e. The van der Waals surface area contributed by atoms with E-state index < -0.39 is 0 Å². The van der Waals surface area contributed by atoms with Gasteiger partial charge in [0, 0.05) is 0 Å². The van der Waals surface area contributed by atoms with Gasteiger partial charge in [-0.1, -0.05) is 157 Å². The van der Waals surface area contributed by atoms with Crippen molar-refractivity contribution < 1.29 is 4.79 Å². The van der Waals surface area contributed by atoms with E-state index in [1.807, 2.05) is 0 Å². The minimum Gasteiger partial charge on any atom is -0.348 e. The molecule has 0 aliphatic rings. The van der Waals surface area contributed by atoms with Crippen LogP contribution in [-0.2, 0) is 38.5 Å². The number of allylic oxidation sites excluding steroid dienone is 2. The van der Waals surface area contributed by atoms with E-state index in [1.165, 1.54) is 157 Å². The van der Waals surface area contributed by atoms with E-state index in [9.17, 15) is 5.53 Å². The minimum absolute atomic E-state index is 0.896. The van der Waals surface area contributed by atoms with Crippen LogP contribution in [-0.4, -0.2) is 10.7 Å². The lowest BCUT2D eigenvalue weighted by atomic mass is 9.79. The average molecular weight is 737 g/mol. The second kappa shape index (κ2) is 29.6. The van der Waals surface area contributed by atoms with Crippen LogP contribution >= 0.6 is 0 Å². The van der Waals surface area contributed by atoms with Gasteiger partial charge in [0.15, 0.2) is 0 Å². The van der Waals surface area contributed by atoms with Crippen molar-refractivity contribution in [1.82, 2.24) is 0 Å². The highest BCUT2D eigenvalue weighted by atomic mass is 14.8. The maximum absolute atomic E-state index is 10.1. The van der Waals surface area contributed by atoms with Gasteiger partial charge in [0.05, 0.1) is 5.57 Å². The van der Waals surface area contributed by atoms with E-state index in [0.717, 1.165) is 50.5 Å². The van der Waals surface area contributed by atoms with Crippen molar-refractivity contribution in [2.75, 3.05) is 0 Å². The van der Waals surface area contributed by atoms with Gasteiger partial charge in [-0.25, -0.2) is 0 Å². The van der Waals surface area contributed by atoms with Crippen LogP contribution in [0.5, 0.6) is 0 Å². The van der Waals surface area contributed by atoms with Gasteiger partial charge in [-0.3, -0.25) is 0 Å². The highest BCUT2D eigenvalue weighted by molar-refractivity contribution is 5.88. The summed E-state index contributed by atoms with van der Waals surface area (Å²) in [5, 5.41) is 0. The summed E-state index contributed by atoms with van der Waals surface area (Å²) >= 11 is 0. The third-order valence-electron chi connectivity index (χ3n) is 11.6. The fourth-order valence-electron chi connectivity index (χ4n) is 8.37. The molecule has 0 aromatic heterocycles. The monoisotopic (exact) mass is 737 g/mol. The first-order chi connectivity index (χ1) is 26.5. The largest absolute Gasteiger partial charge is 0.348 e. The van der Waals surface area contributed by atoms with Crippen LogP contribution in [0.25, 0.3) is 11.1 Å². The zero-order chi connectivity index (χ0) is 39.4. The molecule has 0 fully saturated rings. The Balaban J connectivity index is 3.25. The van der Waals surface area contributed by atoms with E-state index >= 15 is 0 Å². The SMILES string of the molecule is CCCCCC(C(=C=[N+]=[N-])CCCC)=C(c1cc(CCCC)c(CCCC)c(CCCC)c1)c1cc(CCCCC)c(CCCCC)c(CCCCC)c1. The maximum atomic E-state index is 10.1. The Labute approximate surface area is 335 Å². The van der Waals surface area contributed by atoms with E-state index in [0.29, 0.717) is 0 Å². The summed E-state index contributed by atoms with van der Waals surface area (Å²) in [5.74, 6) is 3.20. The zero-order valence-corrected chi connectivity index (χ0v) is 37.0. The fraction of sp³-hybridized carbons (Fsp3) is 0.692. The molecule has 2 nitrogen and oxygen atoms in total. The summed E-state index contributed by atoms with van der Waals surface area (Å²) in [5.41, 5.74) is 26.5. The first-order valence-electron chi connectivity index (χ1n) is 23.5. The van der Waals surface area contributed by atoms with Gasteiger partial charge >= 0.3 is 5.87 Å². The molecular weight excluding hydrogens is 653 g/mol. The van der Waals surface area contributed by atoms with Gasteiger partial charge in [0.2, 0.25) is 0 Å². The molecule has 0 bridgehead atoms. The summed E-state index contributed by atoms with van der Waals surface area (Å²) in [6.07, 6.45) is 33.4. The van der Waals surface area contributed by atoms with Crippen LogP contribution in [0.2, 0.25) is 0 Å². The summed E-state index contributed by atoms with van der Waals surface area (Å²) in [6, 6.07) is 10.5. The molecule has 0 amide bonds. The molecule has 0 heterocycles. The van der Waals surface area contributed by atoms with Gasteiger partial charge in [0.25, 0.3) is 0 Å². The molecule has 0 aliphatic heterocycles. The topological polar surface area (TPSA) is 36.4 Å². The lowest BCUT2D eigenvalue weighted by molar-refractivity contribution is 0.00739. The molecule has 0 N–H and O–H groups in total. The Kier molecular flexibility index (Phi) is 26.0. The quantitative estimate of drug-likeness (QED) is 0.0243. The third-order valence-corrected chi connectivity index (χ3v) is 11.6. The molecule has 0 radical (unpaired) electrons. The van der Waals surface area contributed by atoms with Crippen molar-refractivity contribution >= 4 is 11.4 Å². The highest BCUT2D eigenvalue weighted by Gasteiger charge is 2.23. The molecule has 0 saturated heterocycles. The predicted molar refractivity (Wildman–Crippen MR) is 240 cm³/mol. The number of nitrogens with zero attached hydrogens (tertiary/aromatic N) is 2. The summed E-state index contributed by atoms with van der Waals surface area (Å²) in [6.45, 7) is 18.6. The van der Waals surface area contributed by atoms with Crippen LogP contribution in [0.3, 0.4) is 0 Å². The van der Waals surface area contributed by atoms with E-state index in [4.69, 9.17) is 0 Å². The Hall–Kier alpha value is -2.66. The van der Waals surface area contributed by atoms with Crippen LogP contribution in [0.1, 0.15) is 241 Å². The summed E-state index contributed by atoms with van der Waals surface area (Å²) < 4.78 is 0. The van der Waals surface area contributed by atoms with Crippen molar-refractivity contribution in [1.29, 1.82) is 0 Å². The van der Waals surface area contributed by atoms with E-state index in [2.05, 4.69) is 90.3 Å². The van der Waals surface area contributed by atoms with Gasteiger partial charge in [-0.2, -0.15) is 0 Å². The Morgan fingerprint density at radius 1 is 0.426 bits per heavy atom. The molecule has 2 aromatic rings. The van der Waals surface area contributed by atoms with Gasteiger partial charge in [0.1, 0.15) is 0 Å². The molecule has 2 rings (SSSR count). The first kappa shape index (κ1) is 47.5. The predicted octanol–water partition coefficient (Wildman–Crippen LogP) is 16.3. The highest BCUT2D eigenvalue weighted by Crippen LogP contribution is 2.39. The first-order valence-corrected chi connectivity index (χ1v) is 23.5. The minimum atomic E-state index is 0.896. The van der Waals surface area contributed by atoms with Crippen LogP contribution in [0.15, 0.2) is 35.4 Å². The number of benzene rings is 2. The molecule has 2 heteroatoms. The lowest BCUT2D eigenvalue weighted by Crippen LogP contribution is -2.09. The fourth-order valence-corrected chi connectivity index (χ4v) is 8.37. The van der Waals surface area contributed by atoms with Gasteiger partial charge in [-0.05, 0) is 158 Å². The lowest BCUT2D eigenvalue weighted by Gasteiger charge is -2.24. The number of aryl methyl sites for hydroxylation is 4. The molecule has 302 valence electrons. The van der Waals surface area contributed by atoms with Crippen molar-refractivity contribution in [2.45, 2.75) is 235 Å². The van der Waals surface area contributed by atoms with Crippen LogP contribution in [0, 0.1) is 0 Å². The number of rotatable bonds is 31. The van der Waals surface area contributed by atoms with Gasteiger partial charge < -0.3 is 5.53 Å². The Bertz CT molecular complexity index is 1380. The second-order valence-corrected chi connectivity index (χ2v) is 16.3. The van der Waals surface area contributed by atoms with Crippen LogP contribution in [0.4, 0.5) is 0 Å². The molecular formula is C52H84N2. The summed E-state index contributed by atoms with van der Waals surface area (Å²) in [7, 11) is 0. The second-order valence-electron chi connectivity index (χ2n) is 16.3. The van der Waals surface area contributed by atoms with Crippen LogP contribution < -0.4 is 0 Å². The number of unbranched alkanes of at least 4 members (excludes halogenated alkanes) is 12. The van der Waals surface area contributed by atoms with Gasteiger partial charge in [-0.15, -0.1) is 4.79 Å². The number of hydrogen-bond acceptors (Lipinski definition) is 0. The molecule has 0 unspecified atom stereocenters. The van der Waals surface area contributed by atoms with E-state index in [1.54, 1.807) is 33.4 Å². The zero-order valence-electron chi connectivity index (χ0n) is 37.0. The Morgan fingerprint density at radius 2 is 0.778 bits per heavy atom. The average Bonchev–Trinajstić information content (AvgIpc) is 3.18. The van der Waals surface area contributed by atoms with Crippen molar-refractivity contribution in [2.24, 2.45) is 0 Å². The normalized spacial score (nSPS) is 11.8. The van der Waals surface area contributed by atoms with Crippen molar-refractivity contribution in [3.05, 3.63) is 85.5 Å². The molecule has 0 saturated carbocycles. The van der Waals surface area contributed by atoms with E-state index in [-0.39, 0.29) is 0 Å².